The molecule has 0 atom stereocenters. The average Bonchev–Trinajstić information content (AvgIpc) is 2.71. The fraction of sp³-hybridized carbons (Fsp3) is 0.318. The van der Waals surface area contributed by atoms with E-state index in [-0.39, 0.29) is 0 Å². The zero-order valence-corrected chi connectivity index (χ0v) is 17.1. The molecule has 0 unspecified atom stereocenters. The highest BCUT2D eigenvalue weighted by Crippen LogP contribution is 2.22. The van der Waals surface area contributed by atoms with E-state index in [9.17, 15) is 8.42 Å². The van der Waals surface area contributed by atoms with Crippen LogP contribution in [-0.2, 0) is 16.6 Å². The van der Waals surface area contributed by atoms with Gasteiger partial charge in [0.2, 0.25) is 10.0 Å². The molecule has 2 heterocycles. The quantitative estimate of drug-likeness (QED) is 0.680. The second kappa shape index (κ2) is 7.62. The number of pyridine rings is 1. The molecule has 5 nitrogen and oxygen atoms in total. The topological polar surface area (TPSA) is 53.5 Å². The lowest BCUT2D eigenvalue weighted by atomic mass is 10.1. The number of sulfonamides is 1. The van der Waals surface area contributed by atoms with Crippen LogP contribution in [0.3, 0.4) is 0 Å². The van der Waals surface area contributed by atoms with Gasteiger partial charge in [-0.25, -0.2) is 8.42 Å². The Kier molecular flexibility index (Phi) is 5.19. The second-order valence-electron chi connectivity index (χ2n) is 7.42. The number of aryl methyl sites for hydroxylation is 2. The minimum Gasteiger partial charge on any atom is -0.296 e. The first-order valence-corrected chi connectivity index (χ1v) is 11.0. The van der Waals surface area contributed by atoms with E-state index in [0.29, 0.717) is 31.1 Å². The van der Waals surface area contributed by atoms with Crippen LogP contribution in [0.5, 0.6) is 0 Å². The molecule has 2 aromatic carbocycles. The van der Waals surface area contributed by atoms with E-state index in [1.807, 2.05) is 32.2 Å². The summed E-state index contributed by atoms with van der Waals surface area (Å²) in [6.45, 7) is 7.17. The molecule has 0 spiro atoms. The number of hydrogen-bond donors (Lipinski definition) is 0. The molecule has 1 fully saturated rings. The third-order valence-electron chi connectivity index (χ3n) is 5.56. The van der Waals surface area contributed by atoms with Crippen molar-refractivity contribution in [3.05, 3.63) is 71.4 Å². The van der Waals surface area contributed by atoms with E-state index in [2.05, 4.69) is 34.1 Å². The molecule has 1 aromatic heterocycles. The van der Waals surface area contributed by atoms with E-state index >= 15 is 0 Å². The normalized spacial score (nSPS) is 16.5. The van der Waals surface area contributed by atoms with Gasteiger partial charge >= 0.3 is 0 Å². The first kappa shape index (κ1) is 19.1. The molecular formula is C22H25N3O2S. The van der Waals surface area contributed by atoms with Gasteiger partial charge in [0.1, 0.15) is 0 Å². The predicted octanol–water partition coefficient (Wildman–Crippen LogP) is 3.36. The van der Waals surface area contributed by atoms with Crippen LogP contribution in [-0.4, -0.2) is 48.8 Å². The Hall–Kier alpha value is -2.28. The van der Waals surface area contributed by atoms with Crippen molar-refractivity contribution < 1.29 is 8.42 Å². The fourth-order valence-electron chi connectivity index (χ4n) is 3.69. The van der Waals surface area contributed by atoms with Crippen LogP contribution in [0.2, 0.25) is 0 Å². The summed E-state index contributed by atoms with van der Waals surface area (Å²) in [4.78, 5) is 7.22. The Labute approximate surface area is 166 Å². The maximum absolute atomic E-state index is 13.0. The van der Waals surface area contributed by atoms with E-state index in [1.54, 1.807) is 16.4 Å². The lowest BCUT2D eigenvalue weighted by Crippen LogP contribution is -2.48. The standard InChI is InChI=1S/C22H25N3O2S/c1-17-8-9-21(15-18(17)2)28(26,27)25-13-11-24(12-14-25)16-20-6-3-5-19-7-4-10-23-22(19)20/h3-10,15H,11-14,16H2,1-2H3. The molecule has 6 heteroatoms. The maximum Gasteiger partial charge on any atom is 0.243 e. The molecule has 0 radical (unpaired) electrons. The summed E-state index contributed by atoms with van der Waals surface area (Å²) in [6.07, 6.45) is 1.82. The second-order valence-corrected chi connectivity index (χ2v) is 9.36. The third kappa shape index (κ3) is 3.68. The Morgan fingerprint density at radius 2 is 1.68 bits per heavy atom. The Balaban J connectivity index is 1.46. The lowest BCUT2D eigenvalue weighted by Gasteiger charge is -2.34. The number of rotatable bonds is 4. The van der Waals surface area contributed by atoms with Gasteiger partial charge in [-0.2, -0.15) is 4.31 Å². The third-order valence-corrected chi connectivity index (χ3v) is 7.45. The Morgan fingerprint density at radius 3 is 2.43 bits per heavy atom. The summed E-state index contributed by atoms with van der Waals surface area (Å²) in [6, 6.07) is 15.6. The van der Waals surface area contributed by atoms with Crippen LogP contribution < -0.4 is 0 Å². The molecule has 0 saturated carbocycles. The minimum absolute atomic E-state index is 0.391. The van der Waals surface area contributed by atoms with Gasteiger partial charge in [-0.05, 0) is 48.7 Å². The number of para-hydroxylation sites is 1. The minimum atomic E-state index is -3.44. The summed E-state index contributed by atoms with van der Waals surface area (Å²) in [5.74, 6) is 0. The van der Waals surface area contributed by atoms with Crippen LogP contribution in [0.1, 0.15) is 16.7 Å². The highest BCUT2D eigenvalue weighted by molar-refractivity contribution is 7.89. The lowest BCUT2D eigenvalue weighted by molar-refractivity contribution is 0.182. The summed E-state index contributed by atoms with van der Waals surface area (Å²) >= 11 is 0. The largest absolute Gasteiger partial charge is 0.296 e. The molecule has 1 saturated heterocycles. The van der Waals surface area contributed by atoms with Crippen LogP contribution in [0.25, 0.3) is 10.9 Å². The molecular weight excluding hydrogens is 370 g/mol. The van der Waals surface area contributed by atoms with Crippen LogP contribution in [0.15, 0.2) is 59.6 Å². The molecule has 0 amide bonds. The number of aromatic nitrogens is 1. The summed E-state index contributed by atoms with van der Waals surface area (Å²) in [7, 11) is -3.44. The van der Waals surface area contributed by atoms with E-state index in [4.69, 9.17) is 0 Å². The predicted molar refractivity (Wildman–Crippen MR) is 112 cm³/mol. The molecule has 3 aromatic rings. The van der Waals surface area contributed by atoms with Crippen molar-refractivity contribution in [2.75, 3.05) is 26.2 Å². The van der Waals surface area contributed by atoms with Gasteiger partial charge in [-0.3, -0.25) is 9.88 Å². The average molecular weight is 396 g/mol. The van der Waals surface area contributed by atoms with Crippen molar-refractivity contribution in [1.82, 2.24) is 14.2 Å². The van der Waals surface area contributed by atoms with Crippen molar-refractivity contribution in [3.8, 4) is 0 Å². The maximum atomic E-state index is 13.0. The summed E-state index contributed by atoms with van der Waals surface area (Å²) < 4.78 is 27.6. The van der Waals surface area contributed by atoms with Crippen molar-refractivity contribution in [1.29, 1.82) is 0 Å². The number of fused-ring (bicyclic) bond motifs is 1. The molecule has 0 aliphatic carbocycles. The smallest absolute Gasteiger partial charge is 0.243 e. The zero-order chi connectivity index (χ0) is 19.7. The van der Waals surface area contributed by atoms with Gasteiger partial charge in [0.15, 0.2) is 0 Å². The van der Waals surface area contributed by atoms with Gasteiger partial charge in [-0.1, -0.05) is 30.3 Å². The molecule has 28 heavy (non-hydrogen) atoms. The van der Waals surface area contributed by atoms with Gasteiger partial charge in [0, 0.05) is 44.3 Å². The number of piperazine rings is 1. The van der Waals surface area contributed by atoms with Crippen LogP contribution in [0, 0.1) is 13.8 Å². The van der Waals surface area contributed by atoms with Crippen molar-refractivity contribution in [2.24, 2.45) is 0 Å². The zero-order valence-electron chi connectivity index (χ0n) is 16.3. The van der Waals surface area contributed by atoms with Gasteiger partial charge in [0.25, 0.3) is 0 Å². The van der Waals surface area contributed by atoms with E-state index in [1.165, 1.54) is 5.56 Å². The highest BCUT2D eigenvalue weighted by Gasteiger charge is 2.28. The first-order chi connectivity index (χ1) is 13.4. The molecule has 4 rings (SSSR count). The van der Waals surface area contributed by atoms with Gasteiger partial charge < -0.3 is 0 Å². The number of benzene rings is 2. The molecule has 0 bridgehead atoms. The van der Waals surface area contributed by atoms with Gasteiger partial charge in [0.05, 0.1) is 10.4 Å². The molecule has 1 aliphatic rings. The summed E-state index contributed by atoms with van der Waals surface area (Å²) in [5, 5.41) is 1.14. The van der Waals surface area contributed by atoms with Crippen molar-refractivity contribution in [2.45, 2.75) is 25.3 Å². The Morgan fingerprint density at radius 1 is 0.929 bits per heavy atom. The molecule has 1 aliphatic heterocycles. The van der Waals surface area contributed by atoms with Crippen LogP contribution >= 0.6 is 0 Å². The van der Waals surface area contributed by atoms with E-state index < -0.39 is 10.0 Å². The monoisotopic (exact) mass is 395 g/mol. The van der Waals surface area contributed by atoms with Crippen molar-refractivity contribution in [3.63, 3.8) is 0 Å². The molecule has 0 N–H and O–H groups in total. The van der Waals surface area contributed by atoms with E-state index in [0.717, 1.165) is 28.6 Å². The highest BCUT2D eigenvalue weighted by atomic mass is 32.2. The van der Waals surface area contributed by atoms with Crippen LogP contribution in [0.4, 0.5) is 0 Å². The number of hydrogen-bond acceptors (Lipinski definition) is 4. The SMILES string of the molecule is Cc1ccc(S(=O)(=O)N2CCN(Cc3cccc4cccnc34)CC2)cc1C. The molecule has 146 valence electrons. The Bertz CT molecular complexity index is 1100. The van der Waals surface area contributed by atoms with Crippen molar-refractivity contribution >= 4 is 20.9 Å². The number of nitrogens with zero attached hydrogens (tertiary/aromatic N) is 3. The summed E-state index contributed by atoms with van der Waals surface area (Å²) in [5.41, 5.74) is 4.31. The first-order valence-electron chi connectivity index (χ1n) is 9.57. The van der Waals surface area contributed by atoms with Gasteiger partial charge in [-0.15, -0.1) is 0 Å². The fourth-order valence-corrected chi connectivity index (χ4v) is 5.20.